The Hall–Kier alpha value is -2.31. The molecule has 0 bridgehead atoms. The maximum atomic E-state index is 14.0. The quantitative estimate of drug-likeness (QED) is 0.346. The van der Waals surface area contributed by atoms with E-state index >= 15 is 0 Å². The molecule has 3 aliphatic rings. The fourth-order valence-electron chi connectivity index (χ4n) is 6.80. The molecule has 6 heteroatoms. The Morgan fingerprint density at radius 3 is 2.23 bits per heavy atom. The van der Waals surface area contributed by atoms with Gasteiger partial charge < -0.3 is 18.9 Å². The van der Waals surface area contributed by atoms with Gasteiger partial charge in [-0.05, 0) is 120 Å². The minimum Gasteiger partial charge on any atom is -0.496 e. The zero-order chi connectivity index (χ0) is 28.5. The van der Waals surface area contributed by atoms with E-state index in [1.165, 1.54) is 17.5 Å². The molecular weight excluding hydrogens is 497 g/mol. The molecule has 2 aliphatic carbocycles. The summed E-state index contributed by atoms with van der Waals surface area (Å²) >= 11 is 0. The first-order chi connectivity index (χ1) is 19.1. The number of carbonyl (C=O) groups is 1. The van der Waals surface area contributed by atoms with Gasteiger partial charge in [-0.15, -0.1) is 0 Å². The number of ether oxygens (including phenoxy) is 1. The SMILES string of the molecule is COc1ccc(C2CCC(CN(C(=O)C3CCCCC3)c3cccc(B4OC(C)(C)C(C)(C)O4)c3)CC2)cc1C. The van der Waals surface area contributed by atoms with Crippen LogP contribution in [-0.2, 0) is 14.1 Å². The molecule has 0 radical (unpaired) electrons. The van der Waals surface area contributed by atoms with Crippen molar-refractivity contribution in [3.8, 4) is 5.75 Å². The third-order valence-electron chi connectivity index (χ3n) is 10.1. The van der Waals surface area contributed by atoms with Crippen molar-refractivity contribution >= 4 is 24.2 Å². The molecule has 1 amide bonds. The molecule has 2 aromatic carbocycles. The predicted octanol–water partition coefficient (Wildman–Crippen LogP) is 7.19. The van der Waals surface area contributed by atoms with Crippen LogP contribution in [0.3, 0.4) is 0 Å². The second-order valence-electron chi connectivity index (χ2n) is 13.4. The molecule has 40 heavy (non-hydrogen) atoms. The van der Waals surface area contributed by atoms with Gasteiger partial charge >= 0.3 is 7.12 Å². The summed E-state index contributed by atoms with van der Waals surface area (Å²) in [5.41, 5.74) is 3.79. The third kappa shape index (κ3) is 6.13. The number of benzene rings is 2. The summed E-state index contributed by atoms with van der Waals surface area (Å²) in [5.74, 6) is 2.47. The highest BCUT2D eigenvalue weighted by Crippen LogP contribution is 2.39. The van der Waals surface area contributed by atoms with Gasteiger partial charge in [0.05, 0.1) is 18.3 Å². The molecule has 0 atom stereocenters. The molecule has 3 fully saturated rings. The molecule has 1 heterocycles. The van der Waals surface area contributed by atoms with Crippen LogP contribution >= 0.6 is 0 Å². The first-order valence-electron chi connectivity index (χ1n) is 15.5. The topological polar surface area (TPSA) is 48.0 Å². The molecule has 1 aliphatic heterocycles. The number of hydrogen-bond acceptors (Lipinski definition) is 4. The minimum absolute atomic E-state index is 0.132. The average molecular weight is 546 g/mol. The molecule has 0 aromatic heterocycles. The molecule has 0 unspecified atom stereocenters. The van der Waals surface area contributed by atoms with Crippen molar-refractivity contribution in [3.63, 3.8) is 0 Å². The molecule has 2 saturated carbocycles. The Morgan fingerprint density at radius 2 is 1.60 bits per heavy atom. The molecule has 5 nitrogen and oxygen atoms in total. The average Bonchev–Trinajstić information content (AvgIpc) is 3.18. The monoisotopic (exact) mass is 545 g/mol. The molecule has 1 saturated heterocycles. The summed E-state index contributed by atoms with van der Waals surface area (Å²) in [7, 11) is 1.30. The van der Waals surface area contributed by atoms with Gasteiger partial charge in [-0.25, -0.2) is 0 Å². The van der Waals surface area contributed by atoms with Gasteiger partial charge in [0, 0.05) is 18.2 Å². The van der Waals surface area contributed by atoms with Crippen molar-refractivity contribution in [2.24, 2.45) is 11.8 Å². The maximum Gasteiger partial charge on any atom is 0.494 e. The van der Waals surface area contributed by atoms with Gasteiger partial charge in [-0.1, -0.05) is 43.5 Å². The largest absolute Gasteiger partial charge is 0.496 e. The fourth-order valence-corrected chi connectivity index (χ4v) is 6.80. The molecular formula is C34H48BNO4. The lowest BCUT2D eigenvalue weighted by Gasteiger charge is -2.35. The Kier molecular flexibility index (Phi) is 8.68. The van der Waals surface area contributed by atoms with E-state index in [2.05, 4.69) is 82.0 Å². The molecule has 0 spiro atoms. The lowest BCUT2D eigenvalue weighted by atomic mass is 9.77. The van der Waals surface area contributed by atoms with Crippen LogP contribution in [0.25, 0.3) is 0 Å². The van der Waals surface area contributed by atoms with Crippen LogP contribution in [0.5, 0.6) is 5.75 Å². The first-order valence-corrected chi connectivity index (χ1v) is 15.5. The van der Waals surface area contributed by atoms with Gasteiger partial charge in [0.2, 0.25) is 5.91 Å². The lowest BCUT2D eigenvalue weighted by molar-refractivity contribution is -0.123. The third-order valence-corrected chi connectivity index (χ3v) is 10.1. The summed E-state index contributed by atoms with van der Waals surface area (Å²) in [4.78, 5) is 16.2. The second-order valence-corrected chi connectivity index (χ2v) is 13.4. The minimum atomic E-state index is -0.431. The number of aryl methyl sites for hydroxylation is 1. The van der Waals surface area contributed by atoms with E-state index in [0.29, 0.717) is 17.7 Å². The van der Waals surface area contributed by atoms with E-state index in [9.17, 15) is 4.79 Å². The summed E-state index contributed by atoms with van der Waals surface area (Å²) in [6.45, 7) is 11.2. The maximum absolute atomic E-state index is 14.0. The van der Waals surface area contributed by atoms with E-state index in [0.717, 1.165) is 74.8 Å². The van der Waals surface area contributed by atoms with E-state index < -0.39 is 18.3 Å². The number of methoxy groups -OCH3 is 1. The van der Waals surface area contributed by atoms with Crippen molar-refractivity contribution in [1.82, 2.24) is 0 Å². The van der Waals surface area contributed by atoms with Crippen LogP contribution in [0, 0.1) is 18.8 Å². The number of nitrogens with zero attached hydrogens (tertiary/aromatic N) is 1. The van der Waals surface area contributed by atoms with Gasteiger partial charge in [0.15, 0.2) is 0 Å². The van der Waals surface area contributed by atoms with E-state index in [1.54, 1.807) is 7.11 Å². The van der Waals surface area contributed by atoms with Crippen LogP contribution in [0.1, 0.15) is 103 Å². The lowest BCUT2D eigenvalue weighted by Crippen LogP contribution is -2.42. The first kappa shape index (κ1) is 29.2. The summed E-state index contributed by atoms with van der Waals surface area (Å²) in [6.07, 6.45) is 10.2. The van der Waals surface area contributed by atoms with Gasteiger partial charge in [-0.2, -0.15) is 0 Å². The van der Waals surface area contributed by atoms with E-state index in [1.807, 2.05) is 0 Å². The van der Waals surface area contributed by atoms with Crippen LogP contribution in [0.2, 0.25) is 0 Å². The smallest absolute Gasteiger partial charge is 0.494 e. The normalized spacial score (nSPS) is 24.6. The van der Waals surface area contributed by atoms with Crippen molar-refractivity contribution in [2.75, 3.05) is 18.6 Å². The Labute approximate surface area is 242 Å². The number of carbonyl (C=O) groups excluding carboxylic acids is 1. The molecule has 5 rings (SSSR count). The van der Waals surface area contributed by atoms with Gasteiger partial charge in [-0.3, -0.25) is 4.79 Å². The summed E-state index contributed by atoms with van der Waals surface area (Å²) in [5, 5.41) is 0. The van der Waals surface area contributed by atoms with Crippen LogP contribution in [-0.4, -0.2) is 37.9 Å². The van der Waals surface area contributed by atoms with E-state index in [-0.39, 0.29) is 5.92 Å². The predicted molar refractivity (Wildman–Crippen MR) is 164 cm³/mol. The number of rotatable bonds is 7. The summed E-state index contributed by atoms with van der Waals surface area (Å²) < 4.78 is 18.2. The van der Waals surface area contributed by atoms with Crippen molar-refractivity contribution < 1.29 is 18.8 Å². The zero-order valence-electron chi connectivity index (χ0n) is 25.5. The Morgan fingerprint density at radius 1 is 0.925 bits per heavy atom. The van der Waals surface area contributed by atoms with Crippen LogP contribution < -0.4 is 15.1 Å². The molecule has 2 aromatic rings. The zero-order valence-corrected chi connectivity index (χ0v) is 25.5. The number of anilines is 1. The molecule has 0 N–H and O–H groups in total. The van der Waals surface area contributed by atoms with Crippen LogP contribution in [0.15, 0.2) is 42.5 Å². The highest BCUT2D eigenvalue weighted by atomic mass is 16.7. The highest BCUT2D eigenvalue weighted by Gasteiger charge is 2.51. The van der Waals surface area contributed by atoms with Gasteiger partial charge in [0.1, 0.15) is 5.75 Å². The highest BCUT2D eigenvalue weighted by molar-refractivity contribution is 6.62. The number of amides is 1. The Balaban J connectivity index is 1.32. The summed E-state index contributed by atoms with van der Waals surface area (Å²) in [6, 6.07) is 15.0. The second kappa shape index (κ2) is 11.9. The van der Waals surface area contributed by atoms with Crippen molar-refractivity contribution in [3.05, 3.63) is 53.6 Å². The van der Waals surface area contributed by atoms with Gasteiger partial charge in [0.25, 0.3) is 0 Å². The number of hydrogen-bond donors (Lipinski definition) is 0. The van der Waals surface area contributed by atoms with E-state index in [4.69, 9.17) is 14.0 Å². The fraction of sp³-hybridized carbons (Fsp3) is 0.618. The molecule has 216 valence electrons. The standard InChI is InChI=1S/C34H48BNO4/c1-24-21-28(19-20-31(24)38-6)26-17-15-25(16-18-26)23-36(32(37)27-11-8-7-9-12-27)30-14-10-13-29(22-30)35-39-33(2,3)34(4,5)40-35/h10,13-14,19-22,25-27H,7-9,11-12,15-18,23H2,1-6H3. The van der Waals surface area contributed by atoms with Crippen molar-refractivity contribution in [2.45, 2.75) is 110 Å². The van der Waals surface area contributed by atoms with Crippen LogP contribution in [0.4, 0.5) is 5.69 Å². The Bertz CT molecular complexity index is 1160. The van der Waals surface area contributed by atoms with Crippen molar-refractivity contribution in [1.29, 1.82) is 0 Å².